The van der Waals surface area contributed by atoms with Crippen molar-refractivity contribution >= 4 is 184 Å². The lowest BCUT2D eigenvalue weighted by molar-refractivity contribution is 0.263. The maximum absolute atomic E-state index is 8.71. The van der Waals surface area contributed by atoms with Crippen molar-refractivity contribution in [3.63, 3.8) is 0 Å². The van der Waals surface area contributed by atoms with Gasteiger partial charge in [-0.05, 0) is 248 Å². The van der Waals surface area contributed by atoms with Crippen LogP contribution in [0.4, 0.5) is 74.1 Å². The Kier molecular flexibility index (Phi) is 17.8. The lowest BCUT2D eigenvalue weighted by Gasteiger charge is -2.33. The van der Waals surface area contributed by atoms with E-state index in [2.05, 4.69) is 174 Å². The number of fused-ring (bicyclic) bond motifs is 19. The van der Waals surface area contributed by atoms with E-state index < -0.39 is 44.3 Å². The minimum absolute atomic E-state index is 0.0182. The van der Waals surface area contributed by atoms with Crippen LogP contribution < -0.4 is 44.1 Å². The van der Waals surface area contributed by atoms with E-state index in [1.54, 1.807) is 49.3 Å². The van der Waals surface area contributed by atoms with Crippen LogP contribution in [0.5, 0.6) is 0 Å². The van der Waals surface area contributed by atoms with Crippen molar-refractivity contribution in [3.8, 4) is 0 Å². The van der Waals surface area contributed by atoms with Crippen molar-refractivity contribution < 1.29 is 34.4 Å². The highest BCUT2D eigenvalue weighted by molar-refractivity contribution is 6.15. The number of nitrogens with zero attached hydrogens (tertiary/aromatic N) is 16. The van der Waals surface area contributed by atoms with Gasteiger partial charge in [0.1, 0.15) is 30.8 Å². The van der Waals surface area contributed by atoms with Gasteiger partial charge in [-0.3, -0.25) is 0 Å². The normalized spacial score (nSPS) is 18.5. The van der Waals surface area contributed by atoms with Crippen LogP contribution in [0.25, 0.3) is 110 Å². The first-order valence-electron chi connectivity index (χ1n) is 47.5. The zero-order chi connectivity index (χ0) is 95.6. The van der Waals surface area contributed by atoms with Crippen LogP contribution in [0.3, 0.4) is 0 Å². The summed E-state index contributed by atoms with van der Waals surface area (Å²) < 4.78 is 105. The molecule has 0 aliphatic carbocycles. The molecule has 8 aromatic carbocycles. The maximum atomic E-state index is 8.71. The number of furan rings is 5. The first kappa shape index (κ1) is 70.8. The highest BCUT2D eigenvalue weighted by Crippen LogP contribution is 2.54. The van der Waals surface area contributed by atoms with Crippen molar-refractivity contribution in [2.24, 2.45) is 0 Å². The molecule has 19 aromatic rings. The van der Waals surface area contributed by atoms with Gasteiger partial charge in [0, 0.05) is 144 Å². The molecule has 0 bridgehead atoms. The Morgan fingerprint density at radius 3 is 0.906 bits per heavy atom. The van der Waals surface area contributed by atoms with E-state index in [0.29, 0.717) is 51.3 Å². The van der Waals surface area contributed by atoms with E-state index in [0.717, 1.165) is 161 Å². The molecule has 5 unspecified atom stereocenters. The molecule has 127 heavy (non-hydrogen) atoms. The molecule has 24 rings (SSSR count). The van der Waals surface area contributed by atoms with Crippen LogP contribution in [0.2, 0.25) is 0 Å². The third kappa shape index (κ3) is 13.2. The van der Waals surface area contributed by atoms with Crippen molar-refractivity contribution in [1.82, 2.24) is 34.8 Å². The van der Waals surface area contributed by atoms with Gasteiger partial charge < -0.3 is 71.1 Å². The number of para-hydroxylation sites is 6. The molecule has 5 aliphatic rings. The molecule has 16 heterocycles. The number of pyridine rings is 6. The van der Waals surface area contributed by atoms with Crippen LogP contribution >= 0.6 is 0 Å². The van der Waals surface area contributed by atoms with Crippen LogP contribution in [0.1, 0.15) is 116 Å². The maximum Gasteiger partial charge on any atom is 0.227 e. The van der Waals surface area contributed by atoms with E-state index >= 15 is 0 Å². The summed E-state index contributed by atoms with van der Waals surface area (Å²) in [5.74, 6) is 0.607. The summed E-state index contributed by atoms with van der Waals surface area (Å²) >= 11 is 0. The summed E-state index contributed by atoms with van der Waals surface area (Å²) in [7, 11) is 0. The number of anilines is 13. The van der Waals surface area contributed by atoms with Gasteiger partial charge in [-0.25, -0.2) is 29.9 Å². The van der Waals surface area contributed by atoms with E-state index in [-0.39, 0.29) is 18.5 Å². The van der Waals surface area contributed by atoms with Crippen molar-refractivity contribution in [3.05, 3.63) is 284 Å². The number of benzene rings is 8. The predicted octanol–water partition coefficient (Wildman–Crippen LogP) is 26.5. The fraction of sp³-hybridized carbons (Fsp3) is 0.245. The van der Waals surface area contributed by atoms with Crippen molar-refractivity contribution in [2.45, 2.75) is 160 Å². The first-order chi connectivity index (χ1) is 64.9. The highest BCUT2D eigenvalue weighted by atomic mass is 16.4. The molecule has 0 saturated heterocycles. The fourth-order valence-electron chi connectivity index (χ4n) is 19.5. The summed E-state index contributed by atoms with van der Waals surface area (Å²) in [6, 6.07) is 66.1. The molecule has 0 amide bonds. The predicted molar refractivity (Wildman–Crippen MR) is 521 cm³/mol. The molecule has 638 valence electrons. The molecule has 5 aliphatic heterocycles. The van der Waals surface area contributed by atoms with Crippen molar-refractivity contribution in [1.29, 1.82) is 0 Å². The largest absolute Gasteiger partial charge is 0.435 e. The van der Waals surface area contributed by atoms with E-state index in [1.807, 2.05) is 213 Å². The number of rotatable bonds is 8. The van der Waals surface area contributed by atoms with Crippen molar-refractivity contribution in [2.75, 3.05) is 58.1 Å². The van der Waals surface area contributed by atoms with Gasteiger partial charge in [0.05, 0.1) is 72.4 Å². The quantitative estimate of drug-likeness (QED) is 0.140. The second-order valence-corrected chi connectivity index (χ2v) is 33.7. The number of aryl methyl sites for hydroxylation is 5. The average molecular weight is 1690 g/mol. The summed E-state index contributed by atoms with van der Waals surface area (Å²) in [5.41, 5.74) is 23.8. The Bertz CT molecular complexity index is 7180. The molecular weight excluding hydrogens is 1580 g/mol. The summed E-state index contributed by atoms with van der Waals surface area (Å²) in [6.07, 6.45) is 13.5. The van der Waals surface area contributed by atoms with E-state index in [1.165, 1.54) is 9.80 Å². The Hall–Kier alpha value is -14.6. The number of hydrogen-bond donors (Lipinski definition) is 0. The third-order valence-electron chi connectivity index (χ3n) is 25.3. The SMILES string of the molecule is [2H]C(C)(C)N1C=CN(c2c(C)ccc3c2oc2ncccc23)C1C.[2H]C(C)(C)N1c2ccccc2N(c2c(C)ccc3c2oc2ncccc23)C1C.[2H]C(C)(C)N1c2ccccc2N(c2c(C)ccc3c2oc2ncccc23)C1C.[2H]C([2H])([2H])N1c2ccccc2N(c2c(C)ccc3c2oc2ncccc23)C1C.[2H]C([2H])([2H])N1c2cccnc2N(c2c(C)ccc3c2oc2ncccc23)C1C. The molecule has 21 heteroatoms. The Balaban J connectivity index is 0.000000105. The Labute approximate surface area is 751 Å². The van der Waals surface area contributed by atoms with E-state index in [4.69, 9.17) is 34.4 Å². The molecule has 0 spiro atoms. The Morgan fingerprint density at radius 1 is 0.276 bits per heavy atom. The van der Waals surface area contributed by atoms with Crippen LogP contribution in [0, 0.1) is 34.6 Å². The minimum Gasteiger partial charge on any atom is -0.435 e. The smallest absolute Gasteiger partial charge is 0.227 e. The third-order valence-corrected chi connectivity index (χ3v) is 25.3. The second-order valence-electron chi connectivity index (χ2n) is 33.7. The molecule has 21 nitrogen and oxygen atoms in total. The Morgan fingerprint density at radius 2 is 0.559 bits per heavy atom. The topological polar surface area (TPSA) is 175 Å². The summed E-state index contributed by atoms with van der Waals surface area (Å²) in [6.45, 7) is 27.5. The summed E-state index contributed by atoms with van der Waals surface area (Å²) in [4.78, 5) is 46.4. The first-order valence-corrected chi connectivity index (χ1v) is 43.0. The van der Waals surface area contributed by atoms with Gasteiger partial charge in [-0.15, -0.1) is 0 Å². The standard InChI is InChI=1S/2C23H23N3O.C21H19N3O.C20H18N4O.C19H21N3O/c2*1-14(2)25-16(4)26(20-10-6-5-9-19(20)25)21-15(3)11-12-17-18-8-7-13-24-23(18)27-22(17)21;1-13-10-11-15-16-7-6-12-22-21(16)25-20(15)19(13)24-14(2)23(3)17-8-4-5-9-18(17)24;1-12-8-9-14-15-6-4-11-22-20(15)25-18(14)17(12)24-13(2)23(3)16-7-5-10-21-19(16)24;1-12(2)21-10-11-22(14(21)4)17-13(3)7-8-15-16-6-5-9-20-19(16)23-18(15)17/h2*5-14,16H,1-4H3;4-12,14H,1-3H3;4-11,13H,1-3H3;5-12,14H,1-4H3/i2*14D;2*3D3;12D. The second kappa shape index (κ2) is 31.9. The van der Waals surface area contributed by atoms with Gasteiger partial charge in [0.15, 0.2) is 33.7 Å². The fourth-order valence-corrected chi connectivity index (χ4v) is 19.5. The highest BCUT2D eigenvalue weighted by Gasteiger charge is 2.42. The van der Waals surface area contributed by atoms with Gasteiger partial charge in [-0.1, -0.05) is 97.1 Å². The van der Waals surface area contributed by atoms with Gasteiger partial charge in [0.2, 0.25) is 28.6 Å². The van der Waals surface area contributed by atoms with Crippen LogP contribution in [-0.2, 0) is 0 Å². The van der Waals surface area contributed by atoms with Crippen LogP contribution in [-0.4, -0.2) is 97.6 Å². The number of hydrogen-bond acceptors (Lipinski definition) is 21. The molecule has 0 radical (unpaired) electrons. The molecule has 5 atom stereocenters. The monoisotopic (exact) mass is 1690 g/mol. The molecule has 0 fully saturated rings. The van der Waals surface area contributed by atoms with Gasteiger partial charge in [0.25, 0.3) is 0 Å². The molecule has 0 saturated carbocycles. The lowest BCUT2D eigenvalue weighted by Crippen LogP contribution is -2.42. The molecular formula is C106H104N16O5. The van der Waals surface area contributed by atoms with Crippen LogP contribution in [0.15, 0.2) is 278 Å². The van der Waals surface area contributed by atoms with E-state index in [9.17, 15) is 0 Å². The molecule has 11 aromatic heterocycles. The molecule has 0 N–H and O–H groups in total. The zero-order valence-corrected chi connectivity index (χ0v) is 73.8. The lowest BCUT2D eigenvalue weighted by atomic mass is 10.1. The van der Waals surface area contributed by atoms with Gasteiger partial charge >= 0.3 is 0 Å². The zero-order valence-electron chi connectivity index (χ0n) is 82.8. The summed E-state index contributed by atoms with van der Waals surface area (Å²) in [5, 5.41) is 10.1. The average Bonchev–Trinajstić information content (AvgIpc) is 1.58. The van der Waals surface area contributed by atoms with Gasteiger partial charge in [-0.2, -0.15) is 0 Å². The number of aromatic nitrogens is 6. The minimum atomic E-state index is -2.29.